The lowest BCUT2D eigenvalue weighted by Gasteiger charge is -2.35. The predicted octanol–water partition coefficient (Wildman–Crippen LogP) is -0.651. The van der Waals surface area contributed by atoms with Crippen molar-refractivity contribution in [2.75, 3.05) is 45.5 Å². The minimum Gasteiger partial charge on any atom is -0.339 e. The minimum atomic E-state index is -3.36. The topological polar surface area (TPSA) is 78.0 Å². The van der Waals surface area contributed by atoms with Gasteiger partial charge in [-0.15, -0.1) is 0 Å². The van der Waals surface area contributed by atoms with Gasteiger partial charge in [0.15, 0.2) is 0 Å². The first kappa shape index (κ1) is 16.9. The zero-order valence-electron chi connectivity index (χ0n) is 12.3. The lowest BCUT2D eigenvalue weighted by atomic mass is 10.3. The number of carbonyl (C=O) groups excluding carboxylic acids is 2. The maximum Gasteiger partial charge on any atom is 0.238 e. The Hall–Kier alpha value is -1.15. The van der Waals surface area contributed by atoms with Crippen molar-refractivity contribution in [2.24, 2.45) is 0 Å². The molecule has 0 aromatic carbocycles. The largest absolute Gasteiger partial charge is 0.339 e. The van der Waals surface area contributed by atoms with E-state index < -0.39 is 10.0 Å². The lowest BCUT2D eigenvalue weighted by Crippen LogP contribution is -2.52. The SMILES string of the molecule is CCCN(CC(=O)N1CCN(C(C)=O)CC1)S(C)(=O)=O. The summed E-state index contributed by atoms with van der Waals surface area (Å²) >= 11 is 0. The molecule has 1 rings (SSSR count). The minimum absolute atomic E-state index is 0.000782. The molecule has 0 atom stereocenters. The number of piperazine rings is 1. The molecule has 0 aromatic rings. The van der Waals surface area contributed by atoms with Crippen molar-refractivity contribution in [3.63, 3.8) is 0 Å². The summed E-state index contributed by atoms with van der Waals surface area (Å²) in [5.74, 6) is -0.201. The van der Waals surface area contributed by atoms with Gasteiger partial charge in [0.05, 0.1) is 12.8 Å². The van der Waals surface area contributed by atoms with Gasteiger partial charge < -0.3 is 9.80 Å². The van der Waals surface area contributed by atoms with Gasteiger partial charge in [-0.05, 0) is 6.42 Å². The van der Waals surface area contributed by atoms with Crippen molar-refractivity contribution in [3.05, 3.63) is 0 Å². The van der Waals surface area contributed by atoms with Crippen LogP contribution in [0.15, 0.2) is 0 Å². The van der Waals surface area contributed by atoms with Crippen LogP contribution in [-0.4, -0.2) is 79.9 Å². The van der Waals surface area contributed by atoms with Crippen molar-refractivity contribution in [1.29, 1.82) is 0 Å². The molecule has 0 aromatic heterocycles. The number of carbonyl (C=O) groups is 2. The Labute approximate surface area is 120 Å². The fourth-order valence-corrected chi connectivity index (χ4v) is 2.99. The molecule has 0 bridgehead atoms. The van der Waals surface area contributed by atoms with Crippen LogP contribution in [0.5, 0.6) is 0 Å². The Morgan fingerprint density at radius 2 is 1.60 bits per heavy atom. The summed E-state index contributed by atoms with van der Waals surface area (Å²) in [5, 5.41) is 0. The molecule has 0 spiro atoms. The Kier molecular flexibility index (Phi) is 5.94. The number of nitrogens with zero attached hydrogens (tertiary/aromatic N) is 3. The molecule has 0 aliphatic carbocycles. The van der Waals surface area contributed by atoms with Gasteiger partial charge in [-0.3, -0.25) is 9.59 Å². The molecular formula is C12H23N3O4S. The van der Waals surface area contributed by atoms with Gasteiger partial charge in [0.25, 0.3) is 0 Å². The van der Waals surface area contributed by atoms with E-state index in [-0.39, 0.29) is 18.4 Å². The maximum absolute atomic E-state index is 12.1. The highest BCUT2D eigenvalue weighted by atomic mass is 32.2. The lowest BCUT2D eigenvalue weighted by molar-refractivity contribution is -0.138. The fraction of sp³-hybridized carbons (Fsp3) is 0.833. The van der Waals surface area contributed by atoms with Crippen molar-refractivity contribution in [2.45, 2.75) is 20.3 Å². The van der Waals surface area contributed by atoms with E-state index in [9.17, 15) is 18.0 Å². The summed E-state index contributed by atoms with van der Waals surface area (Å²) in [5.41, 5.74) is 0. The van der Waals surface area contributed by atoms with Crippen LogP contribution < -0.4 is 0 Å². The summed E-state index contributed by atoms with van der Waals surface area (Å²) in [6, 6.07) is 0. The normalized spacial score (nSPS) is 16.6. The van der Waals surface area contributed by atoms with Gasteiger partial charge in [0, 0.05) is 39.6 Å². The molecule has 2 amide bonds. The molecule has 0 saturated carbocycles. The van der Waals surface area contributed by atoms with Crippen LogP contribution >= 0.6 is 0 Å². The van der Waals surface area contributed by atoms with E-state index in [0.29, 0.717) is 39.1 Å². The average Bonchev–Trinajstić information content (AvgIpc) is 2.37. The predicted molar refractivity (Wildman–Crippen MR) is 75.5 cm³/mol. The third-order valence-electron chi connectivity index (χ3n) is 3.33. The van der Waals surface area contributed by atoms with E-state index in [1.165, 1.54) is 11.2 Å². The average molecular weight is 305 g/mol. The fourth-order valence-electron chi connectivity index (χ4n) is 2.13. The summed E-state index contributed by atoms with van der Waals surface area (Å²) in [4.78, 5) is 26.6. The van der Waals surface area contributed by atoms with Crippen LogP contribution in [-0.2, 0) is 19.6 Å². The summed E-state index contributed by atoms with van der Waals surface area (Å²) < 4.78 is 24.4. The van der Waals surface area contributed by atoms with E-state index >= 15 is 0 Å². The maximum atomic E-state index is 12.1. The van der Waals surface area contributed by atoms with Crippen LogP contribution in [0.3, 0.4) is 0 Å². The van der Waals surface area contributed by atoms with Crippen molar-refractivity contribution >= 4 is 21.8 Å². The first-order valence-electron chi connectivity index (χ1n) is 6.74. The molecule has 20 heavy (non-hydrogen) atoms. The highest BCUT2D eigenvalue weighted by molar-refractivity contribution is 7.88. The number of sulfonamides is 1. The Bertz CT molecular complexity index is 455. The Morgan fingerprint density at radius 1 is 1.10 bits per heavy atom. The molecule has 1 saturated heterocycles. The zero-order valence-corrected chi connectivity index (χ0v) is 13.1. The standard InChI is InChI=1S/C12H23N3O4S/c1-4-5-15(20(3,18)19)10-12(17)14-8-6-13(7-9-14)11(2)16/h4-10H2,1-3H3. The van der Waals surface area contributed by atoms with Crippen LogP contribution in [0.2, 0.25) is 0 Å². The third-order valence-corrected chi connectivity index (χ3v) is 4.58. The first-order chi connectivity index (χ1) is 9.25. The van der Waals surface area contributed by atoms with Gasteiger partial charge in [-0.1, -0.05) is 6.92 Å². The highest BCUT2D eigenvalue weighted by Crippen LogP contribution is 2.06. The second kappa shape index (κ2) is 7.03. The monoisotopic (exact) mass is 305 g/mol. The van der Waals surface area contributed by atoms with E-state index in [4.69, 9.17) is 0 Å². The molecule has 1 heterocycles. The Morgan fingerprint density at radius 3 is 2.00 bits per heavy atom. The molecule has 1 aliphatic rings. The van der Waals surface area contributed by atoms with Crippen LogP contribution in [0.1, 0.15) is 20.3 Å². The van der Waals surface area contributed by atoms with Crippen molar-refractivity contribution < 1.29 is 18.0 Å². The molecular weight excluding hydrogens is 282 g/mol. The number of hydrogen-bond donors (Lipinski definition) is 0. The molecule has 0 radical (unpaired) electrons. The van der Waals surface area contributed by atoms with Crippen LogP contribution in [0, 0.1) is 0 Å². The number of amides is 2. The van der Waals surface area contributed by atoms with E-state index in [1.54, 1.807) is 9.80 Å². The quantitative estimate of drug-likeness (QED) is 0.676. The van der Waals surface area contributed by atoms with Crippen molar-refractivity contribution in [3.8, 4) is 0 Å². The van der Waals surface area contributed by atoms with E-state index in [1.807, 2.05) is 6.92 Å². The van der Waals surface area contributed by atoms with Crippen LogP contribution in [0.4, 0.5) is 0 Å². The van der Waals surface area contributed by atoms with Crippen molar-refractivity contribution in [1.82, 2.24) is 14.1 Å². The van der Waals surface area contributed by atoms with Gasteiger partial charge in [0.2, 0.25) is 21.8 Å². The first-order valence-corrected chi connectivity index (χ1v) is 8.59. The summed E-state index contributed by atoms with van der Waals surface area (Å²) in [7, 11) is -3.36. The number of hydrogen-bond acceptors (Lipinski definition) is 4. The van der Waals surface area contributed by atoms with E-state index in [2.05, 4.69) is 0 Å². The second-order valence-electron chi connectivity index (χ2n) is 4.98. The highest BCUT2D eigenvalue weighted by Gasteiger charge is 2.26. The third kappa shape index (κ3) is 4.75. The van der Waals surface area contributed by atoms with Crippen LogP contribution in [0.25, 0.3) is 0 Å². The summed E-state index contributed by atoms with van der Waals surface area (Å²) in [6.07, 6.45) is 1.78. The molecule has 7 nitrogen and oxygen atoms in total. The van der Waals surface area contributed by atoms with Gasteiger partial charge in [-0.2, -0.15) is 4.31 Å². The molecule has 1 fully saturated rings. The molecule has 0 unspecified atom stereocenters. The molecule has 116 valence electrons. The molecule has 0 N–H and O–H groups in total. The smallest absolute Gasteiger partial charge is 0.238 e. The Balaban J connectivity index is 2.56. The second-order valence-corrected chi connectivity index (χ2v) is 6.97. The number of rotatable bonds is 5. The van der Waals surface area contributed by atoms with Gasteiger partial charge in [-0.25, -0.2) is 8.42 Å². The zero-order chi connectivity index (χ0) is 15.3. The molecule has 1 aliphatic heterocycles. The van der Waals surface area contributed by atoms with Gasteiger partial charge in [0.1, 0.15) is 0 Å². The summed E-state index contributed by atoms with van der Waals surface area (Å²) in [6.45, 7) is 5.54. The van der Waals surface area contributed by atoms with Gasteiger partial charge >= 0.3 is 0 Å². The van der Waals surface area contributed by atoms with E-state index in [0.717, 1.165) is 6.26 Å². The molecule has 8 heteroatoms.